The van der Waals surface area contributed by atoms with Gasteiger partial charge in [0.05, 0.1) is 18.3 Å². The Morgan fingerprint density at radius 2 is 2.00 bits per heavy atom. The average Bonchev–Trinajstić information content (AvgIpc) is 2.35. The summed E-state index contributed by atoms with van der Waals surface area (Å²) in [5.41, 5.74) is -0.601. The van der Waals surface area contributed by atoms with Gasteiger partial charge in [0, 0.05) is 5.02 Å². The fourth-order valence-electron chi connectivity index (χ4n) is 1.42. The van der Waals surface area contributed by atoms with Crippen molar-refractivity contribution in [1.29, 1.82) is 0 Å². The van der Waals surface area contributed by atoms with E-state index in [1.54, 1.807) is 13.8 Å². The summed E-state index contributed by atoms with van der Waals surface area (Å²) in [6, 6.07) is 1.79. The first-order chi connectivity index (χ1) is 9.62. The van der Waals surface area contributed by atoms with Crippen LogP contribution in [0, 0.1) is 5.82 Å². The molecule has 0 amide bonds. The Morgan fingerprint density at radius 1 is 1.38 bits per heavy atom. The van der Waals surface area contributed by atoms with Gasteiger partial charge >= 0.3 is 5.97 Å². The van der Waals surface area contributed by atoms with Crippen molar-refractivity contribution < 1.29 is 27.1 Å². The van der Waals surface area contributed by atoms with Crippen LogP contribution in [0.15, 0.2) is 17.0 Å². The van der Waals surface area contributed by atoms with Crippen LogP contribution in [0.5, 0.6) is 0 Å². The lowest BCUT2D eigenvalue weighted by Crippen LogP contribution is -2.18. The zero-order chi connectivity index (χ0) is 16.2. The van der Waals surface area contributed by atoms with E-state index in [2.05, 4.69) is 0 Å². The van der Waals surface area contributed by atoms with Crippen molar-refractivity contribution in [1.82, 2.24) is 0 Å². The van der Waals surface area contributed by atoms with Crippen molar-refractivity contribution in [2.24, 2.45) is 5.14 Å². The van der Waals surface area contributed by atoms with Crippen LogP contribution in [0.1, 0.15) is 24.2 Å². The van der Waals surface area contributed by atoms with Crippen molar-refractivity contribution in [3.63, 3.8) is 0 Å². The summed E-state index contributed by atoms with van der Waals surface area (Å²) in [6.45, 7) is 3.63. The molecule has 0 atom stereocenters. The molecule has 0 aliphatic heterocycles. The molecule has 9 heteroatoms. The molecular weight excluding hydrogens is 325 g/mol. The minimum atomic E-state index is -4.34. The molecule has 0 unspecified atom stereocenters. The van der Waals surface area contributed by atoms with Gasteiger partial charge < -0.3 is 9.47 Å². The molecular formula is C12H15ClFNO5S. The standard InChI is InChI=1S/C12H15ClFNO5S/c1-7(2)19-3-4-20-12(16)9-5-8(13)6-10(11(9)14)21(15,17)18/h5-7H,3-4H2,1-2H3,(H2,15,17,18). The van der Waals surface area contributed by atoms with Crippen LogP contribution < -0.4 is 5.14 Å². The molecule has 1 aromatic rings. The molecule has 0 aliphatic carbocycles. The third-order valence-corrected chi connectivity index (χ3v) is 3.43. The predicted molar refractivity (Wildman–Crippen MR) is 74.2 cm³/mol. The van der Waals surface area contributed by atoms with Gasteiger partial charge in [0.15, 0.2) is 5.82 Å². The number of halogens is 2. The van der Waals surface area contributed by atoms with E-state index in [0.717, 1.165) is 12.1 Å². The summed E-state index contributed by atoms with van der Waals surface area (Å²) in [7, 11) is -4.34. The summed E-state index contributed by atoms with van der Waals surface area (Å²) in [5.74, 6) is -2.34. The molecule has 118 valence electrons. The van der Waals surface area contributed by atoms with Gasteiger partial charge in [0.1, 0.15) is 11.5 Å². The van der Waals surface area contributed by atoms with Crippen LogP contribution >= 0.6 is 11.6 Å². The van der Waals surface area contributed by atoms with Gasteiger partial charge in [-0.3, -0.25) is 0 Å². The van der Waals surface area contributed by atoms with Crippen LogP contribution in [-0.4, -0.2) is 33.7 Å². The van der Waals surface area contributed by atoms with Crippen LogP contribution in [-0.2, 0) is 19.5 Å². The van der Waals surface area contributed by atoms with Gasteiger partial charge in [-0.2, -0.15) is 0 Å². The number of esters is 1. The smallest absolute Gasteiger partial charge is 0.341 e. The van der Waals surface area contributed by atoms with Crippen LogP contribution in [0.3, 0.4) is 0 Å². The van der Waals surface area contributed by atoms with Gasteiger partial charge in [-0.25, -0.2) is 22.7 Å². The van der Waals surface area contributed by atoms with Crippen molar-refractivity contribution >= 4 is 27.6 Å². The predicted octanol–water partition coefficient (Wildman–Crippen LogP) is 1.71. The minimum absolute atomic E-state index is 0.0411. The quantitative estimate of drug-likeness (QED) is 0.628. The molecule has 0 bridgehead atoms. The fourth-order valence-corrected chi connectivity index (χ4v) is 2.35. The molecule has 6 nitrogen and oxygen atoms in total. The third-order valence-electron chi connectivity index (χ3n) is 2.30. The highest BCUT2D eigenvalue weighted by atomic mass is 35.5. The maximum atomic E-state index is 14.0. The molecule has 0 aliphatic rings. The van der Waals surface area contributed by atoms with E-state index in [0.29, 0.717) is 0 Å². The lowest BCUT2D eigenvalue weighted by atomic mass is 10.2. The number of rotatable bonds is 6. The molecule has 21 heavy (non-hydrogen) atoms. The van der Waals surface area contributed by atoms with E-state index in [9.17, 15) is 17.6 Å². The average molecular weight is 340 g/mol. The Hall–Kier alpha value is -1.22. The Balaban J connectivity index is 2.93. The Bertz CT molecular complexity index is 633. The molecule has 1 rings (SSSR count). The number of nitrogens with two attached hydrogens (primary N) is 1. The van der Waals surface area contributed by atoms with Crippen molar-refractivity contribution in [2.45, 2.75) is 24.8 Å². The van der Waals surface area contributed by atoms with Gasteiger partial charge in [-0.15, -0.1) is 0 Å². The number of sulfonamides is 1. The van der Waals surface area contributed by atoms with Crippen molar-refractivity contribution in [3.8, 4) is 0 Å². The highest BCUT2D eigenvalue weighted by Crippen LogP contribution is 2.23. The van der Waals surface area contributed by atoms with Crippen molar-refractivity contribution in [2.75, 3.05) is 13.2 Å². The van der Waals surface area contributed by atoms with E-state index >= 15 is 0 Å². The molecule has 2 N–H and O–H groups in total. The maximum absolute atomic E-state index is 14.0. The summed E-state index contributed by atoms with van der Waals surface area (Å²) in [5, 5.41) is 4.70. The topological polar surface area (TPSA) is 95.7 Å². The van der Waals surface area contributed by atoms with E-state index < -0.39 is 32.3 Å². The SMILES string of the molecule is CC(C)OCCOC(=O)c1cc(Cl)cc(S(N)(=O)=O)c1F. The number of carbonyl (C=O) groups excluding carboxylic acids is 1. The summed E-state index contributed by atoms with van der Waals surface area (Å²) in [4.78, 5) is 10.9. The normalized spacial score (nSPS) is 11.7. The number of carbonyl (C=O) groups is 1. The van der Waals surface area contributed by atoms with Crippen LogP contribution in [0.4, 0.5) is 4.39 Å². The third kappa shape index (κ3) is 5.24. The number of benzene rings is 1. The monoisotopic (exact) mass is 339 g/mol. The van der Waals surface area contributed by atoms with E-state index in [1.807, 2.05) is 0 Å². The van der Waals surface area contributed by atoms with Crippen molar-refractivity contribution in [3.05, 3.63) is 28.5 Å². The Labute approximate surface area is 127 Å². The maximum Gasteiger partial charge on any atom is 0.341 e. The zero-order valence-corrected chi connectivity index (χ0v) is 13.0. The molecule has 0 fully saturated rings. The molecule has 0 spiro atoms. The molecule has 0 saturated carbocycles. The van der Waals surface area contributed by atoms with E-state index in [-0.39, 0.29) is 24.3 Å². The van der Waals surface area contributed by atoms with E-state index in [1.165, 1.54) is 0 Å². The van der Waals surface area contributed by atoms with Gasteiger partial charge in [-0.05, 0) is 26.0 Å². The van der Waals surface area contributed by atoms with Gasteiger partial charge in [-0.1, -0.05) is 11.6 Å². The second kappa shape index (κ2) is 7.17. The number of ether oxygens (including phenoxy) is 2. The first-order valence-electron chi connectivity index (χ1n) is 5.93. The summed E-state index contributed by atoms with van der Waals surface area (Å²) in [6.07, 6.45) is -0.0411. The van der Waals surface area contributed by atoms with Gasteiger partial charge in [0.25, 0.3) is 0 Å². The first kappa shape index (κ1) is 17.8. The fraction of sp³-hybridized carbons (Fsp3) is 0.417. The summed E-state index contributed by atoms with van der Waals surface area (Å²) >= 11 is 5.66. The van der Waals surface area contributed by atoms with Crippen LogP contribution in [0.25, 0.3) is 0 Å². The lowest BCUT2D eigenvalue weighted by molar-refractivity contribution is 0.0173. The number of primary sulfonamides is 1. The molecule has 0 saturated heterocycles. The molecule has 0 heterocycles. The molecule has 0 radical (unpaired) electrons. The largest absolute Gasteiger partial charge is 0.460 e. The van der Waals surface area contributed by atoms with Gasteiger partial charge in [0.2, 0.25) is 10.0 Å². The molecule has 0 aromatic heterocycles. The lowest BCUT2D eigenvalue weighted by Gasteiger charge is -2.10. The first-order valence-corrected chi connectivity index (χ1v) is 7.86. The number of hydrogen-bond acceptors (Lipinski definition) is 5. The number of hydrogen-bond donors (Lipinski definition) is 1. The minimum Gasteiger partial charge on any atom is -0.460 e. The zero-order valence-electron chi connectivity index (χ0n) is 11.4. The highest BCUT2D eigenvalue weighted by Gasteiger charge is 2.23. The Morgan fingerprint density at radius 3 is 2.52 bits per heavy atom. The van der Waals surface area contributed by atoms with E-state index in [4.69, 9.17) is 26.2 Å². The Kier molecular flexibility index (Phi) is 6.09. The highest BCUT2D eigenvalue weighted by molar-refractivity contribution is 7.89. The second-order valence-corrected chi connectivity index (χ2v) is 6.33. The summed E-state index contributed by atoms with van der Waals surface area (Å²) < 4.78 is 46.4. The molecule has 1 aromatic carbocycles. The van der Waals surface area contributed by atoms with Crippen LogP contribution in [0.2, 0.25) is 5.02 Å². The second-order valence-electron chi connectivity index (χ2n) is 4.37.